The predicted molar refractivity (Wildman–Crippen MR) is 106 cm³/mol. The number of anilines is 3. The van der Waals surface area contributed by atoms with Gasteiger partial charge in [0.1, 0.15) is 5.82 Å². The standard InChI is InChI=1S/C21H22N4O2/c1-15-13-19(23-18-12-8-7-11-17(18)20(26)27-3)24-21(22-15)25(2)14-16-9-5-4-6-10-16/h4-13H,14H2,1-3H3,(H,22,23,24). The van der Waals surface area contributed by atoms with Crippen molar-refractivity contribution in [2.45, 2.75) is 13.5 Å². The minimum absolute atomic E-state index is 0.398. The molecule has 0 bridgehead atoms. The first-order chi connectivity index (χ1) is 13.1. The second-order valence-electron chi connectivity index (χ2n) is 6.20. The number of aromatic nitrogens is 2. The lowest BCUT2D eigenvalue weighted by Gasteiger charge is -2.19. The molecule has 0 spiro atoms. The quantitative estimate of drug-likeness (QED) is 0.670. The Morgan fingerprint density at radius 1 is 1.07 bits per heavy atom. The van der Waals surface area contributed by atoms with Gasteiger partial charge in [0.15, 0.2) is 0 Å². The van der Waals surface area contributed by atoms with Crippen LogP contribution in [0.1, 0.15) is 21.6 Å². The third-order valence-corrected chi connectivity index (χ3v) is 4.04. The molecule has 0 aliphatic carbocycles. The van der Waals surface area contributed by atoms with Gasteiger partial charge in [-0.15, -0.1) is 0 Å². The monoisotopic (exact) mass is 362 g/mol. The van der Waals surface area contributed by atoms with Gasteiger partial charge in [0.25, 0.3) is 0 Å². The Balaban J connectivity index is 1.85. The summed E-state index contributed by atoms with van der Waals surface area (Å²) in [4.78, 5) is 23.1. The maximum atomic E-state index is 12.0. The number of esters is 1. The molecule has 138 valence electrons. The number of rotatable bonds is 6. The zero-order valence-electron chi connectivity index (χ0n) is 15.6. The van der Waals surface area contributed by atoms with E-state index in [0.29, 0.717) is 29.6 Å². The van der Waals surface area contributed by atoms with Gasteiger partial charge in [0.2, 0.25) is 5.95 Å². The fourth-order valence-corrected chi connectivity index (χ4v) is 2.73. The van der Waals surface area contributed by atoms with Gasteiger partial charge in [0.05, 0.1) is 18.4 Å². The number of para-hydroxylation sites is 1. The normalized spacial score (nSPS) is 10.3. The number of carbonyl (C=O) groups is 1. The van der Waals surface area contributed by atoms with E-state index in [0.717, 1.165) is 5.69 Å². The molecule has 1 N–H and O–H groups in total. The number of carbonyl (C=O) groups excluding carboxylic acids is 1. The van der Waals surface area contributed by atoms with Crippen molar-refractivity contribution in [1.82, 2.24) is 9.97 Å². The molecular weight excluding hydrogens is 340 g/mol. The second-order valence-corrected chi connectivity index (χ2v) is 6.20. The Morgan fingerprint density at radius 2 is 1.78 bits per heavy atom. The molecule has 0 fully saturated rings. The van der Waals surface area contributed by atoms with Crippen LogP contribution < -0.4 is 10.2 Å². The van der Waals surface area contributed by atoms with Crippen LogP contribution in [0.25, 0.3) is 0 Å². The molecule has 6 heteroatoms. The molecule has 0 saturated carbocycles. The Kier molecular flexibility index (Phi) is 5.66. The molecule has 1 aromatic heterocycles. The van der Waals surface area contributed by atoms with Gasteiger partial charge in [-0.3, -0.25) is 0 Å². The Hall–Kier alpha value is -3.41. The van der Waals surface area contributed by atoms with Gasteiger partial charge in [0, 0.05) is 25.4 Å². The number of nitrogens with one attached hydrogen (secondary N) is 1. The van der Waals surface area contributed by atoms with E-state index in [4.69, 9.17) is 4.74 Å². The van der Waals surface area contributed by atoms with Crippen molar-refractivity contribution in [3.05, 3.63) is 77.5 Å². The fourth-order valence-electron chi connectivity index (χ4n) is 2.73. The van der Waals surface area contributed by atoms with Crippen LogP contribution in [-0.4, -0.2) is 30.1 Å². The van der Waals surface area contributed by atoms with E-state index in [-0.39, 0.29) is 0 Å². The highest BCUT2D eigenvalue weighted by atomic mass is 16.5. The second kappa shape index (κ2) is 8.31. The first-order valence-electron chi connectivity index (χ1n) is 8.62. The minimum atomic E-state index is -0.398. The van der Waals surface area contributed by atoms with Gasteiger partial charge >= 0.3 is 5.97 Å². The van der Waals surface area contributed by atoms with Gasteiger partial charge in [-0.25, -0.2) is 9.78 Å². The van der Waals surface area contributed by atoms with Crippen LogP contribution in [0.5, 0.6) is 0 Å². The zero-order chi connectivity index (χ0) is 19.2. The van der Waals surface area contributed by atoms with Crippen LogP contribution >= 0.6 is 0 Å². The average Bonchev–Trinajstić information content (AvgIpc) is 2.68. The molecule has 3 aromatic rings. The molecule has 0 atom stereocenters. The molecular formula is C21H22N4O2. The van der Waals surface area contributed by atoms with Crippen molar-refractivity contribution in [2.24, 2.45) is 0 Å². The average molecular weight is 362 g/mol. The predicted octanol–water partition coefficient (Wildman–Crippen LogP) is 3.95. The number of benzene rings is 2. The molecule has 0 amide bonds. The van der Waals surface area contributed by atoms with Crippen LogP contribution in [0.4, 0.5) is 17.5 Å². The minimum Gasteiger partial charge on any atom is -0.465 e. The van der Waals surface area contributed by atoms with Crippen LogP contribution in [0.3, 0.4) is 0 Å². The molecule has 0 saturated heterocycles. The van der Waals surface area contributed by atoms with Crippen LogP contribution in [0, 0.1) is 6.92 Å². The Bertz CT molecular complexity index is 928. The summed E-state index contributed by atoms with van der Waals surface area (Å²) in [5.74, 6) is 0.830. The van der Waals surface area contributed by atoms with Crippen LogP contribution in [0.2, 0.25) is 0 Å². The summed E-state index contributed by atoms with van der Waals surface area (Å²) in [6.45, 7) is 2.61. The van der Waals surface area contributed by atoms with E-state index in [1.54, 1.807) is 12.1 Å². The third kappa shape index (κ3) is 4.61. The van der Waals surface area contributed by atoms with E-state index in [1.165, 1.54) is 12.7 Å². The lowest BCUT2D eigenvalue weighted by Crippen LogP contribution is -2.20. The number of hydrogen-bond acceptors (Lipinski definition) is 6. The number of nitrogens with zero attached hydrogens (tertiary/aromatic N) is 3. The summed E-state index contributed by atoms with van der Waals surface area (Å²) in [6, 6.07) is 19.2. The summed E-state index contributed by atoms with van der Waals surface area (Å²) in [5.41, 5.74) is 3.10. The van der Waals surface area contributed by atoms with Crippen molar-refractivity contribution >= 4 is 23.4 Å². The van der Waals surface area contributed by atoms with E-state index >= 15 is 0 Å². The number of methoxy groups -OCH3 is 1. The smallest absolute Gasteiger partial charge is 0.339 e. The van der Waals surface area contributed by atoms with Crippen LogP contribution in [-0.2, 0) is 11.3 Å². The molecule has 3 rings (SSSR count). The third-order valence-electron chi connectivity index (χ3n) is 4.04. The van der Waals surface area contributed by atoms with Crippen molar-refractivity contribution in [2.75, 3.05) is 24.4 Å². The highest BCUT2D eigenvalue weighted by Gasteiger charge is 2.13. The molecule has 1 heterocycles. The van der Waals surface area contributed by atoms with Gasteiger partial charge < -0.3 is 15.0 Å². The zero-order valence-corrected chi connectivity index (χ0v) is 15.6. The number of hydrogen-bond donors (Lipinski definition) is 1. The first-order valence-corrected chi connectivity index (χ1v) is 8.62. The van der Waals surface area contributed by atoms with Gasteiger partial charge in [-0.1, -0.05) is 42.5 Å². The lowest BCUT2D eigenvalue weighted by molar-refractivity contribution is 0.0602. The summed E-state index contributed by atoms with van der Waals surface area (Å²) in [6.07, 6.45) is 0. The van der Waals surface area contributed by atoms with E-state index in [1.807, 2.05) is 55.3 Å². The Morgan fingerprint density at radius 3 is 2.52 bits per heavy atom. The molecule has 27 heavy (non-hydrogen) atoms. The van der Waals surface area contributed by atoms with Gasteiger partial charge in [-0.2, -0.15) is 4.98 Å². The Labute approximate surface area is 158 Å². The van der Waals surface area contributed by atoms with Crippen molar-refractivity contribution in [3.8, 4) is 0 Å². The lowest BCUT2D eigenvalue weighted by atomic mass is 10.2. The van der Waals surface area contributed by atoms with Crippen LogP contribution in [0.15, 0.2) is 60.7 Å². The number of aryl methyl sites for hydroxylation is 1. The van der Waals surface area contributed by atoms with Crippen molar-refractivity contribution < 1.29 is 9.53 Å². The molecule has 6 nitrogen and oxygen atoms in total. The highest BCUT2D eigenvalue weighted by molar-refractivity contribution is 5.96. The topological polar surface area (TPSA) is 67.3 Å². The highest BCUT2D eigenvalue weighted by Crippen LogP contribution is 2.22. The molecule has 0 unspecified atom stereocenters. The molecule has 0 aliphatic rings. The van der Waals surface area contributed by atoms with E-state index < -0.39 is 5.97 Å². The SMILES string of the molecule is COC(=O)c1ccccc1Nc1cc(C)nc(N(C)Cc2ccccc2)n1. The molecule has 0 aliphatic heterocycles. The first kappa shape index (κ1) is 18.4. The van der Waals surface area contributed by atoms with Crippen molar-refractivity contribution in [1.29, 1.82) is 0 Å². The summed E-state index contributed by atoms with van der Waals surface area (Å²) in [5, 5.41) is 3.21. The van der Waals surface area contributed by atoms with E-state index in [2.05, 4.69) is 27.4 Å². The summed E-state index contributed by atoms with van der Waals surface area (Å²) < 4.78 is 4.85. The van der Waals surface area contributed by atoms with E-state index in [9.17, 15) is 4.79 Å². The van der Waals surface area contributed by atoms with Crippen molar-refractivity contribution in [3.63, 3.8) is 0 Å². The fraction of sp³-hybridized carbons (Fsp3) is 0.190. The summed E-state index contributed by atoms with van der Waals surface area (Å²) in [7, 11) is 3.32. The largest absolute Gasteiger partial charge is 0.465 e. The maximum Gasteiger partial charge on any atom is 0.339 e. The molecule has 0 radical (unpaired) electrons. The summed E-state index contributed by atoms with van der Waals surface area (Å²) >= 11 is 0. The molecule has 2 aromatic carbocycles. The van der Waals surface area contributed by atoms with Gasteiger partial charge in [-0.05, 0) is 24.6 Å². The number of ether oxygens (including phenoxy) is 1. The maximum absolute atomic E-state index is 12.0.